The van der Waals surface area contributed by atoms with Crippen LogP contribution in [0.25, 0.3) is 0 Å². The second-order valence-electron chi connectivity index (χ2n) is 5.59. The van der Waals surface area contributed by atoms with Crippen molar-refractivity contribution < 1.29 is 9.72 Å². The van der Waals surface area contributed by atoms with Gasteiger partial charge in [-0.25, -0.2) is 0 Å². The van der Waals surface area contributed by atoms with Crippen LogP contribution >= 0.6 is 11.6 Å². The summed E-state index contributed by atoms with van der Waals surface area (Å²) in [6.07, 6.45) is 1.40. The number of carbonyl (C=O) groups excluding carboxylic acids is 1. The molecule has 3 aromatic rings. The Hall–Kier alpha value is -3.19. The molecule has 0 fully saturated rings. The molecule has 132 valence electrons. The molecule has 0 aliphatic carbocycles. The number of amides is 1. The first-order valence-electron chi connectivity index (χ1n) is 7.80. The molecule has 1 N–H and O–H groups in total. The number of nitrogens with one attached hydrogen (secondary N) is 1. The summed E-state index contributed by atoms with van der Waals surface area (Å²) in [5, 5.41) is 18.0. The normalized spacial score (nSPS) is 11.7. The summed E-state index contributed by atoms with van der Waals surface area (Å²) in [7, 11) is 0. The van der Waals surface area contributed by atoms with E-state index in [1.165, 1.54) is 16.9 Å². The molecule has 0 aliphatic rings. The number of hydrogen-bond acceptors (Lipinski definition) is 4. The molecule has 1 amide bonds. The van der Waals surface area contributed by atoms with Gasteiger partial charge in [0.05, 0.1) is 23.4 Å². The van der Waals surface area contributed by atoms with Crippen molar-refractivity contribution in [3.05, 3.63) is 93.1 Å². The highest BCUT2D eigenvalue weighted by Gasteiger charge is 2.19. The first kappa shape index (κ1) is 17.6. The molecule has 7 nitrogen and oxygen atoms in total. The van der Waals surface area contributed by atoms with E-state index >= 15 is 0 Å². The Morgan fingerprint density at radius 1 is 1.12 bits per heavy atom. The average Bonchev–Trinajstić information content (AvgIpc) is 3.10. The third-order valence-electron chi connectivity index (χ3n) is 3.76. The van der Waals surface area contributed by atoms with E-state index in [0.717, 1.165) is 11.1 Å². The lowest BCUT2D eigenvalue weighted by Crippen LogP contribution is -2.32. The average molecular weight is 371 g/mol. The molecule has 26 heavy (non-hydrogen) atoms. The maximum Gasteiger partial charge on any atom is 0.389 e. The molecule has 1 heterocycles. The lowest BCUT2D eigenvalue weighted by molar-refractivity contribution is -0.389. The summed E-state index contributed by atoms with van der Waals surface area (Å²) in [6.45, 7) is -0.120. The maximum absolute atomic E-state index is 12.4. The van der Waals surface area contributed by atoms with Gasteiger partial charge in [-0.3, -0.25) is 4.79 Å². The van der Waals surface area contributed by atoms with E-state index in [1.54, 1.807) is 12.1 Å². The predicted molar refractivity (Wildman–Crippen MR) is 96.8 cm³/mol. The summed E-state index contributed by atoms with van der Waals surface area (Å²) < 4.78 is 1.23. The SMILES string of the molecule is O=C(Cn1ccc([N+](=O)[O-])n1)NC(c1ccccc1)c1ccc(Cl)cc1. The van der Waals surface area contributed by atoms with Gasteiger partial charge in [0.2, 0.25) is 5.91 Å². The number of nitro groups is 1. The van der Waals surface area contributed by atoms with Crippen LogP contribution in [0.5, 0.6) is 0 Å². The van der Waals surface area contributed by atoms with E-state index in [0.29, 0.717) is 5.02 Å². The van der Waals surface area contributed by atoms with Gasteiger partial charge >= 0.3 is 5.82 Å². The second kappa shape index (κ2) is 7.79. The summed E-state index contributed by atoms with van der Waals surface area (Å²) in [5.41, 5.74) is 1.79. The Balaban J connectivity index is 1.79. The molecule has 0 bridgehead atoms. The Labute approximate surface area is 154 Å². The van der Waals surface area contributed by atoms with Crippen LogP contribution in [0.1, 0.15) is 17.2 Å². The number of rotatable bonds is 6. The summed E-state index contributed by atoms with van der Waals surface area (Å²) >= 11 is 5.95. The van der Waals surface area contributed by atoms with Gasteiger partial charge in [0.25, 0.3) is 0 Å². The van der Waals surface area contributed by atoms with Crippen LogP contribution < -0.4 is 5.32 Å². The molecule has 8 heteroatoms. The molecule has 1 aromatic heterocycles. The van der Waals surface area contributed by atoms with Crippen LogP contribution in [-0.4, -0.2) is 20.6 Å². The van der Waals surface area contributed by atoms with E-state index in [4.69, 9.17) is 11.6 Å². The van der Waals surface area contributed by atoms with Crippen molar-refractivity contribution in [2.24, 2.45) is 0 Å². The van der Waals surface area contributed by atoms with Crippen LogP contribution in [0.2, 0.25) is 5.02 Å². The van der Waals surface area contributed by atoms with Gasteiger partial charge in [0.15, 0.2) is 0 Å². The molecule has 0 saturated heterocycles. The highest BCUT2D eigenvalue weighted by atomic mass is 35.5. The van der Waals surface area contributed by atoms with Crippen LogP contribution in [0, 0.1) is 10.1 Å². The minimum absolute atomic E-state index is 0.120. The fourth-order valence-corrected chi connectivity index (χ4v) is 2.68. The molecule has 0 aliphatic heterocycles. The molecule has 0 spiro atoms. The zero-order valence-electron chi connectivity index (χ0n) is 13.6. The lowest BCUT2D eigenvalue weighted by Gasteiger charge is -2.19. The van der Waals surface area contributed by atoms with Gasteiger partial charge in [-0.1, -0.05) is 54.1 Å². The standard InChI is InChI=1S/C18H15ClN4O3/c19-15-8-6-14(7-9-15)18(13-4-2-1-3-5-13)20-17(24)12-22-11-10-16(21-22)23(25)26/h1-11,18H,12H2,(H,20,24). The molecular weight excluding hydrogens is 356 g/mol. The fourth-order valence-electron chi connectivity index (χ4n) is 2.55. The highest BCUT2D eigenvalue weighted by Crippen LogP contribution is 2.23. The van der Waals surface area contributed by atoms with Crippen molar-refractivity contribution in [1.82, 2.24) is 15.1 Å². The topological polar surface area (TPSA) is 90.1 Å². The smallest absolute Gasteiger partial charge is 0.358 e. The van der Waals surface area contributed by atoms with Crippen molar-refractivity contribution in [3.8, 4) is 0 Å². The third-order valence-corrected chi connectivity index (χ3v) is 4.01. The number of nitrogens with zero attached hydrogens (tertiary/aromatic N) is 3. The summed E-state index contributed by atoms with van der Waals surface area (Å²) in [5.74, 6) is -0.609. The van der Waals surface area contributed by atoms with E-state index in [1.807, 2.05) is 42.5 Å². The van der Waals surface area contributed by atoms with Gasteiger partial charge < -0.3 is 15.4 Å². The van der Waals surface area contributed by atoms with E-state index in [2.05, 4.69) is 10.4 Å². The zero-order valence-corrected chi connectivity index (χ0v) is 14.3. The molecule has 3 rings (SSSR count). The summed E-state index contributed by atoms with van der Waals surface area (Å²) in [6, 6.07) is 17.6. The number of halogens is 1. The summed E-state index contributed by atoms with van der Waals surface area (Å²) in [4.78, 5) is 22.5. The highest BCUT2D eigenvalue weighted by molar-refractivity contribution is 6.30. The van der Waals surface area contributed by atoms with Crippen LogP contribution in [0.3, 0.4) is 0 Å². The van der Waals surface area contributed by atoms with Gasteiger partial charge in [0, 0.05) is 5.02 Å². The molecule has 0 radical (unpaired) electrons. The molecule has 1 atom stereocenters. The van der Waals surface area contributed by atoms with Gasteiger partial charge in [0.1, 0.15) is 6.54 Å². The quantitative estimate of drug-likeness (QED) is 0.532. The number of carbonyl (C=O) groups is 1. The van der Waals surface area contributed by atoms with Gasteiger partial charge in [-0.15, -0.1) is 0 Å². The maximum atomic E-state index is 12.4. The second-order valence-corrected chi connectivity index (χ2v) is 6.03. The number of hydrogen-bond donors (Lipinski definition) is 1. The van der Waals surface area contributed by atoms with Crippen molar-refractivity contribution >= 4 is 23.3 Å². The zero-order chi connectivity index (χ0) is 18.5. The van der Waals surface area contributed by atoms with Gasteiger partial charge in [-0.2, -0.15) is 4.68 Å². The lowest BCUT2D eigenvalue weighted by atomic mass is 9.99. The molecule has 2 aromatic carbocycles. The number of aromatic nitrogens is 2. The van der Waals surface area contributed by atoms with Crippen molar-refractivity contribution in [2.45, 2.75) is 12.6 Å². The minimum Gasteiger partial charge on any atom is -0.358 e. The number of benzene rings is 2. The first-order valence-corrected chi connectivity index (χ1v) is 8.18. The van der Waals surface area contributed by atoms with E-state index < -0.39 is 4.92 Å². The Morgan fingerprint density at radius 2 is 1.77 bits per heavy atom. The predicted octanol–water partition coefficient (Wildman–Crippen LogP) is 3.35. The largest absolute Gasteiger partial charge is 0.389 e. The van der Waals surface area contributed by atoms with Gasteiger partial charge in [-0.05, 0) is 28.2 Å². The Morgan fingerprint density at radius 3 is 2.38 bits per heavy atom. The van der Waals surface area contributed by atoms with Crippen molar-refractivity contribution in [3.63, 3.8) is 0 Å². The molecule has 1 unspecified atom stereocenters. The minimum atomic E-state index is -0.602. The Kier molecular flexibility index (Phi) is 5.28. The van der Waals surface area contributed by atoms with Crippen LogP contribution in [0.15, 0.2) is 66.9 Å². The fraction of sp³-hybridized carbons (Fsp3) is 0.111. The molecule has 0 saturated carbocycles. The monoisotopic (exact) mass is 370 g/mol. The van der Waals surface area contributed by atoms with Crippen molar-refractivity contribution in [2.75, 3.05) is 0 Å². The Bertz CT molecular complexity index is 910. The molecular formula is C18H15ClN4O3. The van der Waals surface area contributed by atoms with E-state index in [9.17, 15) is 14.9 Å². The van der Waals surface area contributed by atoms with Crippen LogP contribution in [0.4, 0.5) is 5.82 Å². The van der Waals surface area contributed by atoms with Crippen molar-refractivity contribution in [1.29, 1.82) is 0 Å². The first-order chi connectivity index (χ1) is 12.5. The van der Waals surface area contributed by atoms with Crippen LogP contribution in [-0.2, 0) is 11.3 Å². The third kappa shape index (κ3) is 4.25. The van der Waals surface area contributed by atoms with E-state index in [-0.39, 0.29) is 24.3 Å².